The normalized spacial score (nSPS) is 12.4. The summed E-state index contributed by atoms with van der Waals surface area (Å²) in [6, 6.07) is 12.7. The summed E-state index contributed by atoms with van der Waals surface area (Å²) in [5.74, 6) is 1.45. The van der Waals surface area contributed by atoms with Crippen molar-refractivity contribution in [3.63, 3.8) is 0 Å². The molecule has 1 amide bonds. The Morgan fingerprint density at radius 3 is 2.72 bits per heavy atom. The fourth-order valence-corrected chi connectivity index (χ4v) is 3.94. The van der Waals surface area contributed by atoms with Crippen LogP contribution in [0.2, 0.25) is 0 Å². The summed E-state index contributed by atoms with van der Waals surface area (Å²) in [5, 5.41) is 3.96. The second-order valence-electron chi connectivity index (χ2n) is 8.34. The molecule has 0 radical (unpaired) electrons. The summed E-state index contributed by atoms with van der Waals surface area (Å²) in [6.45, 7) is 5.98. The van der Waals surface area contributed by atoms with Crippen molar-refractivity contribution >= 4 is 27.9 Å². The first-order valence-electron chi connectivity index (χ1n) is 10.7. The van der Waals surface area contributed by atoms with E-state index in [1.54, 1.807) is 13.2 Å². The minimum atomic E-state index is -0.394. The fourth-order valence-electron chi connectivity index (χ4n) is 3.94. The molecule has 0 bridgehead atoms. The smallest absolute Gasteiger partial charge is 0.336 e. The highest BCUT2D eigenvalue weighted by Gasteiger charge is 2.22. The van der Waals surface area contributed by atoms with Gasteiger partial charge in [-0.1, -0.05) is 26.0 Å². The van der Waals surface area contributed by atoms with Gasteiger partial charge >= 0.3 is 5.63 Å². The van der Waals surface area contributed by atoms with Crippen LogP contribution in [-0.2, 0) is 11.2 Å². The number of aromatic nitrogens is 2. The van der Waals surface area contributed by atoms with Gasteiger partial charge in [0.05, 0.1) is 24.2 Å². The minimum absolute atomic E-state index is 0.0670. The summed E-state index contributed by atoms with van der Waals surface area (Å²) in [4.78, 5) is 32.5. The van der Waals surface area contributed by atoms with Crippen LogP contribution in [0.25, 0.3) is 22.0 Å². The van der Waals surface area contributed by atoms with Gasteiger partial charge in [-0.2, -0.15) is 0 Å². The topological polar surface area (TPSA) is 97.2 Å². The second-order valence-corrected chi connectivity index (χ2v) is 8.34. The standard InChI is InChI=1S/C25H27N3O4/c1-14(2)24(25-26-18-7-5-6-8-19(18)27-25)28-22(29)10-9-16-12-17-15(3)11-23(30)32-21(17)13-20(16)31-4/h5-8,11-14,24H,9-10H2,1-4H3,(H,26,27)(H,28,29)/t24-/m0/s1. The van der Waals surface area contributed by atoms with E-state index >= 15 is 0 Å². The van der Waals surface area contributed by atoms with Crippen molar-refractivity contribution < 1.29 is 13.9 Å². The van der Waals surface area contributed by atoms with Gasteiger partial charge in [0.1, 0.15) is 17.2 Å². The van der Waals surface area contributed by atoms with E-state index in [0.29, 0.717) is 24.2 Å². The predicted molar refractivity (Wildman–Crippen MR) is 124 cm³/mol. The number of imidazole rings is 1. The quantitative estimate of drug-likeness (QED) is 0.420. The van der Waals surface area contributed by atoms with Gasteiger partial charge in [0.25, 0.3) is 0 Å². The number of rotatable bonds is 7. The lowest BCUT2D eigenvalue weighted by atomic mass is 10.0. The predicted octanol–water partition coefficient (Wildman–Crippen LogP) is 4.43. The Morgan fingerprint density at radius 1 is 1.22 bits per heavy atom. The van der Waals surface area contributed by atoms with Gasteiger partial charge in [0.15, 0.2) is 0 Å². The molecule has 2 aromatic heterocycles. The zero-order chi connectivity index (χ0) is 22.8. The summed E-state index contributed by atoms with van der Waals surface area (Å²) >= 11 is 0. The number of benzene rings is 2. The Morgan fingerprint density at radius 2 is 2.00 bits per heavy atom. The Kier molecular flexibility index (Phi) is 5.99. The van der Waals surface area contributed by atoms with Crippen molar-refractivity contribution in [3.8, 4) is 5.75 Å². The largest absolute Gasteiger partial charge is 0.496 e. The number of nitrogens with zero attached hydrogens (tertiary/aromatic N) is 1. The summed E-state index contributed by atoms with van der Waals surface area (Å²) in [7, 11) is 1.56. The molecule has 7 nitrogen and oxygen atoms in total. The lowest BCUT2D eigenvalue weighted by Gasteiger charge is -2.20. The number of fused-ring (bicyclic) bond motifs is 2. The highest BCUT2D eigenvalue weighted by Crippen LogP contribution is 2.28. The summed E-state index contributed by atoms with van der Waals surface area (Å²) < 4.78 is 10.8. The van der Waals surface area contributed by atoms with Crippen molar-refractivity contribution in [3.05, 3.63) is 69.8 Å². The molecule has 0 aliphatic carbocycles. The van der Waals surface area contributed by atoms with Crippen LogP contribution >= 0.6 is 0 Å². The third kappa shape index (κ3) is 4.37. The number of para-hydroxylation sites is 2. The van der Waals surface area contributed by atoms with Crippen LogP contribution in [0, 0.1) is 12.8 Å². The van der Waals surface area contributed by atoms with Crippen LogP contribution in [0.15, 0.2) is 51.7 Å². The SMILES string of the molecule is COc1cc2oc(=O)cc(C)c2cc1CCC(=O)N[C@H](c1nc2ccccc2[nH]1)C(C)C. The molecule has 166 valence electrons. The number of aryl methyl sites for hydroxylation is 2. The van der Waals surface area contributed by atoms with Crippen molar-refractivity contribution in [2.24, 2.45) is 5.92 Å². The van der Waals surface area contributed by atoms with Crippen LogP contribution in [-0.4, -0.2) is 23.0 Å². The lowest BCUT2D eigenvalue weighted by Crippen LogP contribution is -2.32. The molecule has 7 heteroatoms. The van der Waals surface area contributed by atoms with E-state index in [1.165, 1.54) is 6.07 Å². The van der Waals surface area contributed by atoms with Crippen molar-refractivity contribution in [1.29, 1.82) is 0 Å². The van der Waals surface area contributed by atoms with E-state index in [9.17, 15) is 9.59 Å². The molecular formula is C25H27N3O4. The van der Waals surface area contributed by atoms with E-state index < -0.39 is 5.63 Å². The van der Waals surface area contributed by atoms with Gasteiger partial charge in [-0.3, -0.25) is 4.79 Å². The van der Waals surface area contributed by atoms with Crippen molar-refractivity contribution in [2.75, 3.05) is 7.11 Å². The van der Waals surface area contributed by atoms with E-state index in [4.69, 9.17) is 9.15 Å². The number of carbonyl (C=O) groups is 1. The maximum atomic E-state index is 12.8. The van der Waals surface area contributed by atoms with Crippen LogP contribution < -0.4 is 15.7 Å². The van der Waals surface area contributed by atoms with Gasteiger partial charge in [-0.25, -0.2) is 9.78 Å². The van der Waals surface area contributed by atoms with E-state index in [-0.39, 0.29) is 17.9 Å². The number of ether oxygens (including phenoxy) is 1. The number of methoxy groups -OCH3 is 1. The summed E-state index contributed by atoms with van der Waals surface area (Å²) in [5.41, 5.74) is 3.63. The number of hydrogen-bond acceptors (Lipinski definition) is 5. The molecule has 0 spiro atoms. The zero-order valence-corrected chi connectivity index (χ0v) is 18.7. The lowest BCUT2D eigenvalue weighted by molar-refractivity contribution is -0.122. The zero-order valence-electron chi connectivity index (χ0n) is 18.7. The van der Waals surface area contributed by atoms with Gasteiger partial charge in [-0.15, -0.1) is 0 Å². The van der Waals surface area contributed by atoms with Crippen LogP contribution in [0.3, 0.4) is 0 Å². The van der Waals surface area contributed by atoms with Gasteiger partial charge < -0.3 is 19.5 Å². The Bertz CT molecular complexity index is 1300. The molecule has 32 heavy (non-hydrogen) atoms. The Labute approximate surface area is 185 Å². The molecular weight excluding hydrogens is 406 g/mol. The van der Waals surface area contributed by atoms with E-state index in [0.717, 1.165) is 33.4 Å². The first-order valence-corrected chi connectivity index (χ1v) is 10.7. The number of nitrogens with one attached hydrogen (secondary N) is 2. The van der Waals surface area contributed by atoms with E-state index in [2.05, 4.69) is 29.1 Å². The maximum absolute atomic E-state index is 12.8. The first kappa shape index (κ1) is 21.6. The van der Waals surface area contributed by atoms with Gasteiger partial charge in [0, 0.05) is 23.9 Å². The van der Waals surface area contributed by atoms with Crippen molar-refractivity contribution in [2.45, 2.75) is 39.7 Å². The molecule has 2 aromatic carbocycles. The third-order valence-electron chi connectivity index (χ3n) is 5.66. The number of aromatic amines is 1. The maximum Gasteiger partial charge on any atom is 0.336 e. The summed E-state index contributed by atoms with van der Waals surface area (Å²) in [6.07, 6.45) is 0.787. The average Bonchev–Trinajstić information content (AvgIpc) is 3.19. The molecule has 4 rings (SSSR count). The molecule has 0 unspecified atom stereocenters. The minimum Gasteiger partial charge on any atom is -0.496 e. The number of amides is 1. The number of carbonyl (C=O) groups excluding carboxylic acids is 1. The average molecular weight is 434 g/mol. The van der Waals surface area contributed by atoms with Gasteiger partial charge in [0.2, 0.25) is 5.91 Å². The molecule has 4 aromatic rings. The molecule has 1 atom stereocenters. The van der Waals surface area contributed by atoms with Crippen LogP contribution in [0.5, 0.6) is 5.75 Å². The Balaban J connectivity index is 1.52. The molecule has 0 aliphatic heterocycles. The highest BCUT2D eigenvalue weighted by molar-refractivity contribution is 5.83. The molecule has 2 N–H and O–H groups in total. The second kappa shape index (κ2) is 8.86. The first-order chi connectivity index (χ1) is 15.4. The van der Waals surface area contributed by atoms with Crippen molar-refractivity contribution in [1.82, 2.24) is 15.3 Å². The molecule has 0 saturated heterocycles. The highest BCUT2D eigenvalue weighted by atomic mass is 16.5. The van der Waals surface area contributed by atoms with Crippen LogP contribution in [0.1, 0.15) is 43.3 Å². The van der Waals surface area contributed by atoms with Crippen LogP contribution in [0.4, 0.5) is 0 Å². The number of H-pyrrole nitrogens is 1. The fraction of sp³-hybridized carbons (Fsp3) is 0.320. The Hall–Kier alpha value is -3.61. The molecule has 0 aliphatic rings. The third-order valence-corrected chi connectivity index (χ3v) is 5.66. The molecule has 2 heterocycles. The van der Waals surface area contributed by atoms with E-state index in [1.807, 2.05) is 37.3 Å². The monoisotopic (exact) mass is 433 g/mol. The molecule has 0 fully saturated rings. The molecule has 0 saturated carbocycles. The van der Waals surface area contributed by atoms with Gasteiger partial charge in [-0.05, 0) is 48.6 Å². The number of hydrogen-bond donors (Lipinski definition) is 2.